The number of hydrogen-bond acceptors (Lipinski definition) is 4. The fourth-order valence-electron chi connectivity index (χ4n) is 1.84. The highest BCUT2D eigenvalue weighted by Crippen LogP contribution is 2.26. The molecule has 5 nitrogen and oxygen atoms in total. The van der Waals surface area contributed by atoms with Gasteiger partial charge >= 0.3 is 0 Å². The zero-order chi connectivity index (χ0) is 18.1. The lowest BCUT2D eigenvalue weighted by Gasteiger charge is -2.11. The van der Waals surface area contributed by atoms with E-state index in [4.69, 9.17) is 23.2 Å². The molecule has 0 amide bonds. The van der Waals surface area contributed by atoms with Crippen molar-refractivity contribution in [2.45, 2.75) is 16.3 Å². The molecule has 0 aliphatic carbocycles. The third kappa shape index (κ3) is 4.71. The maximum absolute atomic E-state index is 12.5. The first-order valence-electron chi connectivity index (χ1n) is 6.44. The van der Waals surface area contributed by atoms with E-state index in [-0.39, 0.29) is 20.8 Å². The van der Waals surface area contributed by atoms with Crippen LogP contribution in [-0.4, -0.2) is 23.1 Å². The average molecular weight is 473 g/mol. The molecule has 0 saturated carbocycles. The predicted octanol–water partition coefficient (Wildman–Crippen LogP) is 3.64. The fourth-order valence-corrected chi connectivity index (χ4v) is 5.03. The molecule has 1 N–H and O–H groups in total. The summed E-state index contributed by atoms with van der Waals surface area (Å²) < 4.78 is 50.8. The highest BCUT2D eigenvalue weighted by Gasteiger charge is 2.21. The van der Waals surface area contributed by atoms with Crippen molar-refractivity contribution in [3.05, 3.63) is 56.5 Å². The van der Waals surface area contributed by atoms with Gasteiger partial charge in [0.25, 0.3) is 0 Å². The summed E-state index contributed by atoms with van der Waals surface area (Å²) in [7, 11) is -7.48. The normalized spacial score (nSPS) is 12.3. The van der Waals surface area contributed by atoms with Crippen LogP contribution in [0.2, 0.25) is 10.0 Å². The van der Waals surface area contributed by atoms with Crippen molar-refractivity contribution < 1.29 is 16.8 Å². The van der Waals surface area contributed by atoms with Crippen molar-refractivity contribution in [1.82, 2.24) is 4.72 Å². The number of hydrogen-bond donors (Lipinski definition) is 1. The maximum Gasteiger partial charge on any atom is 0.242 e. The second-order valence-corrected chi connectivity index (χ2v) is 10.4. The molecule has 0 heterocycles. The van der Waals surface area contributed by atoms with Gasteiger partial charge in [-0.05, 0) is 51.8 Å². The third-order valence-electron chi connectivity index (χ3n) is 3.09. The van der Waals surface area contributed by atoms with E-state index in [0.717, 1.165) is 12.3 Å². The first-order valence-corrected chi connectivity index (χ1v) is 11.4. The van der Waals surface area contributed by atoms with Crippen LogP contribution in [0.4, 0.5) is 0 Å². The van der Waals surface area contributed by atoms with Gasteiger partial charge in [0, 0.05) is 27.3 Å². The summed E-state index contributed by atoms with van der Waals surface area (Å²) in [4.78, 5) is -0.258. The molecule has 0 spiro atoms. The van der Waals surface area contributed by atoms with E-state index in [9.17, 15) is 16.8 Å². The van der Waals surface area contributed by atoms with Crippen LogP contribution in [0.5, 0.6) is 0 Å². The minimum absolute atomic E-state index is 0.0616. The zero-order valence-electron chi connectivity index (χ0n) is 12.3. The van der Waals surface area contributed by atoms with Crippen LogP contribution in [0.3, 0.4) is 0 Å². The lowest BCUT2D eigenvalue weighted by atomic mass is 10.2. The molecule has 130 valence electrons. The Kier molecular flexibility index (Phi) is 5.99. The van der Waals surface area contributed by atoms with E-state index in [2.05, 4.69) is 20.7 Å². The van der Waals surface area contributed by atoms with Crippen LogP contribution in [-0.2, 0) is 26.4 Å². The Balaban J connectivity index is 2.34. The molecule has 0 unspecified atom stereocenters. The summed E-state index contributed by atoms with van der Waals surface area (Å²) in [5, 5.41) is 0.768. The summed E-state index contributed by atoms with van der Waals surface area (Å²) >= 11 is 14.9. The first kappa shape index (κ1) is 19.7. The monoisotopic (exact) mass is 471 g/mol. The molecule has 10 heteroatoms. The fraction of sp³-hybridized carbons (Fsp3) is 0.143. The molecule has 0 aliphatic heterocycles. The Morgan fingerprint density at radius 3 is 2.29 bits per heavy atom. The highest BCUT2D eigenvalue weighted by molar-refractivity contribution is 9.10. The second kappa shape index (κ2) is 7.31. The zero-order valence-corrected chi connectivity index (χ0v) is 17.0. The van der Waals surface area contributed by atoms with Crippen LogP contribution in [0.25, 0.3) is 0 Å². The molecule has 0 aromatic heterocycles. The van der Waals surface area contributed by atoms with Crippen LogP contribution in [0.1, 0.15) is 5.56 Å². The largest absolute Gasteiger partial charge is 0.242 e. The van der Waals surface area contributed by atoms with Crippen LogP contribution in [0, 0.1) is 0 Å². The summed E-state index contributed by atoms with van der Waals surface area (Å²) in [5.41, 5.74) is 0.542. The summed E-state index contributed by atoms with van der Waals surface area (Å²) in [6.07, 6.45) is 1.01. The number of rotatable bonds is 5. The van der Waals surface area contributed by atoms with Gasteiger partial charge in [-0.15, -0.1) is 0 Å². The minimum Gasteiger partial charge on any atom is -0.224 e. The van der Waals surface area contributed by atoms with Gasteiger partial charge in [-0.25, -0.2) is 21.6 Å². The van der Waals surface area contributed by atoms with Crippen molar-refractivity contribution in [2.24, 2.45) is 0 Å². The quantitative estimate of drug-likeness (QED) is 0.720. The van der Waals surface area contributed by atoms with E-state index in [1.54, 1.807) is 12.1 Å². The van der Waals surface area contributed by atoms with Gasteiger partial charge in [0.2, 0.25) is 10.0 Å². The Morgan fingerprint density at radius 2 is 1.71 bits per heavy atom. The average Bonchev–Trinajstić information content (AvgIpc) is 2.45. The Morgan fingerprint density at radius 1 is 1.04 bits per heavy atom. The van der Waals surface area contributed by atoms with Crippen LogP contribution in [0.15, 0.2) is 50.7 Å². The molecule has 0 saturated heterocycles. The Labute approximate surface area is 159 Å². The van der Waals surface area contributed by atoms with Gasteiger partial charge in [0.1, 0.15) is 0 Å². The second-order valence-electron chi connectivity index (χ2n) is 4.92. The lowest BCUT2D eigenvalue weighted by Crippen LogP contribution is -2.24. The number of nitrogens with one attached hydrogen (secondary N) is 1. The SMILES string of the molecule is CS(=O)(=O)c1ccc(Br)c(S(=O)(=O)NCc2ccc(Cl)cc2Cl)c1. The molecule has 2 rings (SSSR count). The smallest absolute Gasteiger partial charge is 0.224 e. The standard InChI is InChI=1S/C14H12BrCl2NO4S2/c1-23(19,20)11-4-5-12(15)14(7-11)24(21,22)18-8-9-2-3-10(16)6-13(9)17/h2-7,18H,8H2,1H3. The van der Waals surface area contributed by atoms with Gasteiger partial charge in [0.15, 0.2) is 9.84 Å². The summed E-state index contributed by atoms with van der Waals surface area (Å²) in [5.74, 6) is 0. The van der Waals surface area contributed by atoms with Gasteiger partial charge in [0.05, 0.1) is 9.79 Å². The molecule has 0 bridgehead atoms. The molecule has 0 atom stereocenters. The summed E-state index contributed by atoms with van der Waals surface area (Å²) in [6, 6.07) is 8.51. The molecule has 0 aliphatic rings. The number of sulfonamides is 1. The topological polar surface area (TPSA) is 80.3 Å². The van der Waals surface area contributed by atoms with Crippen LogP contribution < -0.4 is 4.72 Å². The highest BCUT2D eigenvalue weighted by atomic mass is 79.9. The molecule has 2 aromatic rings. The van der Waals surface area contributed by atoms with E-state index >= 15 is 0 Å². The van der Waals surface area contributed by atoms with Crippen molar-refractivity contribution in [1.29, 1.82) is 0 Å². The Bertz CT molecular complexity index is 992. The predicted molar refractivity (Wildman–Crippen MR) is 97.7 cm³/mol. The van der Waals surface area contributed by atoms with E-state index < -0.39 is 19.9 Å². The van der Waals surface area contributed by atoms with Gasteiger partial charge < -0.3 is 0 Å². The number of benzene rings is 2. The maximum atomic E-state index is 12.5. The minimum atomic E-state index is -3.95. The van der Waals surface area contributed by atoms with E-state index in [1.165, 1.54) is 18.2 Å². The molecule has 24 heavy (non-hydrogen) atoms. The molecule has 0 fully saturated rings. The molecule has 0 radical (unpaired) electrons. The van der Waals surface area contributed by atoms with Crippen molar-refractivity contribution in [2.75, 3.05) is 6.26 Å². The van der Waals surface area contributed by atoms with Gasteiger partial charge in [-0.1, -0.05) is 29.3 Å². The van der Waals surface area contributed by atoms with Crippen molar-refractivity contribution >= 4 is 59.0 Å². The lowest BCUT2D eigenvalue weighted by molar-refractivity contribution is 0.580. The van der Waals surface area contributed by atoms with Crippen molar-refractivity contribution in [3.63, 3.8) is 0 Å². The van der Waals surface area contributed by atoms with Gasteiger partial charge in [-0.3, -0.25) is 0 Å². The Hall–Kier alpha value is -0.640. The third-order valence-corrected chi connectivity index (χ3v) is 7.18. The van der Waals surface area contributed by atoms with Crippen molar-refractivity contribution in [3.8, 4) is 0 Å². The number of halogens is 3. The molecule has 2 aromatic carbocycles. The molecular formula is C14H12BrCl2NO4S2. The van der Waals surface area contributed by atoms with Gasteiger partial charge in [-0.2, -0.15) is 0 Å². The molecular weight excluding hydrogens is 461 g/mol. The number of sulfone groups is 1. The summed E-state index contributed by atoms with van der Waals surface area (Å²) in [6.45, 7) is -0.0616. The van der Waals surface area contributed by atoms with E-state index in [1.807, 2.05) is 0 Å². The first-order chi connectivity index (χ1) is 11.0. The van der Waals surface area contributed by atoms with Crippen LogP contribution >= 0.6 is 39.1 Å². The van der Waals surface area contributed by atoms with E-state index in [0.29, 0.717) is 15.6 Å².